The third kappa shape index (κ3) is 5.45. The van der Waals surface area contributed by atoms with Crippen molar-refractivity contribution in [3.63, 3.8) is 0 Å². The molecule has 0 aliphatic heterocycles. The Hall–Kier alpha value is -3.54. The first-order chi connectivity index (χ1) is 15.8. The van der Waals surface area contributed by atoms with Gasteiger partial charge in [-0.2, -0.15) is 0 Å². The van der Waals surface area contributed by atoms with Gasteiger partial charge in [-0.15, -0.1) is 0 Å². The van der Waals surface area contributed by atoms with Crippen molar-refractivity contribution in [2.45, 2.75) is 47.1 Å². The molecule has 0 saturated heterocycles. The topological polar surface area (TPSA) is 75.2 Å². The van der Waals surface area contributed by atoms with Crippen LogP contribution in [-0.4, -0.2) is 28.3 Å². The molecule has 0 spiro atoms. The molecule has 4 rings (SSSR count). The largest absolute Gasteiger partial charge is 0.348 e. The van der Waals surface area contributed by atoms with Gasteiger partial charge in [0.15, 0.2) is 0 Å². The molecule has 2 heterocycles. The number of nitrogens with one attached hydrogen (secondary N) is 1. The number of aromatic nitrogens is 2. The van der Waals surface area contributed by atoms with E-state index in [9.17, 15) is 9.59 Å². The Morgan fingerprint density at radius 3 is 2.45 bits per heavy atom. The maximum Gasteiger partial charge on any atom is 0.253 e. The van der Waals surface area contributed by atoms with Crippen LogP contribution in [-0.2, 0) is 11.3 Å². The first kappa shape index (κ1) is 22.6. The molecule has 33 heavy (non-hydrogen) atoms. The molecule has 1 saturated carbocycles. The summed E-state index contributed by atoms with van der Waals surface area (Å²) in [5, 5.41) is 2.94. The van der Waals surface area contributed by atoms with Crippen molar-refractivity contribution >= 4 is 17.5 Å². The Labute approximate surface area is 195 Å². The molecular formula is C27H30N4O2. The number of hydrogen-bond acceptors (Lipinski definition) is 4. The van der Waals surface area contributed by atoms with E-state index in [1.807, 2.05) is 62.1 Å². The quantitative estimate of drug-likeness (QED) is 0.572. The second kappa shape index (κ2) is 9.53. The lowest BCUT2D eigenvalue weighted by molar-refractivity contribution is -0.116. The Morgan fingerprint density at radius 2 is 1.85 bits per heavy atom. The van der Waals surface area contributed by atoms with Crippen LogP contribution in [0.3, 0.4) is 0 Å². The average Bonchev–Trinajstić information content (AvgIpc) is 3.61. The van der Waals surface area contributed by atoms with E-state index < -0.39 is 0 Å². The van der Waals surface area contributed by atoms with Gasteiger partial charge < -0.3 is 10.2 Å². The standard InChI is InChI=1S/C27H30N4O2/c1-17-13-22(10-12-26(17)31(20(4)32)16-21-6-7-21)25-11-9-24(15-28-25)27(33)29-14-23-8-5-18(2)30-19(23)3/h5,8-13,15,21H,6-7,14,16H2,1-4H3,(H,29,33). The second-order valence-corrected chi connectivity index (χ2v) is 8.89. The minimum absolute atomic E-state index is 0.0721. The molecular weight excluding hydrogens is 412 g/mol. The van der Waals surface area contributed by atoms with Crippen molar-refractivity contribution in [2.24, 2.45) is 5.92 Å². The SMILES string of the molecule is CC(=O)N(CC1CC1)c1ccc(-c2ccc(C(=O)NCc3ccc(C)nc3C)cn2)cc1C. The van der Waals surface area contributed by atoms with E-state index >= 15 is 0 Å². The maximum atomic E-state index is 12.6. The van der Waals surface area contributed by atoms with Gasteiger partial charge in [-0.25, -0.2) is 0 Å². The Morgan fingerprint density at radius 1 is 1.06 bits per heavy atom. The van der Waals surface area contributed by atoms with Gasteiger partial charge in [0, 0.05) is 48.8 Å². The Bertz CT molecular complexity index is 1180. The molecule has 3 aromatic rings. The number of amides is 2. The average molecular weight is 443 g/mol. The number of anilines is 1. The fraction of sp³-hybridized carbons (Fsp3) is 0.333. The first-order valence-electron chi connectivity index (χ1n) is 11.4. The van der Waals surface area contributed by atoms with Crippen LogP contribution in [0.4, 0.5) is 5.69 Å². The minimum atomic E-state index is -0.169. The van der Waals surface area contributed by atoms with Gasteiger partial charge >= 0.3 is 0 Å². The van der Waals surface area contributed by atoms with E-state index in [0.717, 1.165) is 46.0 Å². The Balaban J connectivity index is 1.44. The number of carbonyl (C=O) groups is 2. The summed E-state index contributed by atoms with van der Waals surface area (Å²) in [5.41, 5.74) is 7.12. The summed E-state index contributed by atoms with van der Waals surface area (Å²) in [6.07, 6.45) is 4.00. The molecule has 0 radical (unpaired) electrons. The van der Waals surface area contributed by atoms with E-state index in [1.165, 1.54) is 12.8 Å². The third-order valence-corrected chi connectivity index (χ3v) is 6.10. The van der Waals surface area contributed by atoms with Crippen LogP contribution in [0, 0.1) is 26.7 Å². The summed E-state index contributed by atoms with van der Waals surface area (Å²) in [6, 6.07) is 13.6. The van der Waals surface area contributed by atoms with Gasteiger partial charge in [0.05, 0.1) is 11.3 Å². The van der Waals surface area contributed by atoms with Crippen LogP contribution in [0.25, 0.3) is 11.3 Å². The number of carbonyl (C=O) groups excluding carboxylic acids is 2. The molecule has 1 aromatic carbocycles. The fourth-order valence-electron chi connectivity index (χ4n) is 3.95. The van der Waals surface area contributed by atoms with Crippen LogP contribution in [0.15, 0.2) is 48.7 Å². The third-order valence-electron chi connectivity index (χ3n) is 6.10. The smallest absolute Gasteiger partial charge is 0.253 e. The van der Waals surface area contributed by atoms with Crippen molar-refractivity contribution < 1.29 is 9.59 Å². The molecule has 0 unspecified atom stereocenters. The lowest BCUT2D eigenvalue weighted by Crippen LogP contribution is -2.31. The monoisotopic (exact) mass is 442 g/mol. The van der Waals surface area contributed by atoms with Gasteiger partial charge in [0.1, 0.15) is 0 Å². The van der Waals surface area contributed by atoms with Crippen molar-refractivity contribution in [1.82, 2.24) is 15.3 Å². The predicted octanol–water partition coefficient (Wildman–Crippen LogP) is 4.76. The maximum absolute atomic E-state index is 12.6. The van der Waals surface area contributed by atoms with E-state index in [1.54, 1.807) is 19.2 Å². The highest BCUT2D eigenvalue weighted by atomic mass is 16.2. The summed E-state index contributed by atoms with van der Waals surface area (Å²) in [5.74, 6) is 0.528. The molecule has 1 aliphatic rings. The molecule has 1 aliphatic carbocycles. The second-order valence-electron chi connectivity index (χ2n) is 8.89. The minimum Gasteiger partial charge on any atom is -0.348 e. The molecule has 6 heteroatoms. The molecule has 0 atom stereocenters. The number of nitrogens with zero attached hydrogens (tertiary/aromatic N) is 3. The predicted molar refractivity (Wildman–Crippen MR) is 130 cm³/mol. The highest BCUT2D eigenvalue weighted by Crippen LogP contribution is 2.33. The fourth-order valence-corrected chi connectivity index (χ4v) is 3.95. The van der Waals surface area contributed by atoms with Crippen LogP contribution in [0.2, 0.25) is 0 Å². The zero-order chi connectivity index (χ0) is 23.5. The zero-order valence-corrected chi connectivity index (χ0v) is 19.7. The van der Waals surface area contributed by atoms with Gasteiger partial charge in [-0.3, -0.25) is 19.6 Å². The van der Waals surface area contributed by atoms with Crippen molar-refractivity contribution in [3.8, 4) is 11.3 Å². The number of benzene rings is 1. The molecule has 170 valence electrons. The van der Waals surface area contributed by atoms with Gasteiger partial charge in [-0.1, -0.05) is 12.1 Å². The van der Waals surface area contributed by atoms with Gasteiger partial charge in [-0.05, 0) is 81.0 Å². The lowest BCUT2D eigenvalue weighted by Gasteiger charge is -2.23. The van der Waals surface area contributed by atoms with Crippen molar-refractivity contribution in [3.05, 3.63) is 76.7 Å². The molecule has 1 N–H and O–H groups in total. The van der Waals surface area contributed by atoms with Crippen LogP contribution in [0.1, 0.15) is 52.6 Å². The molecule has 6 nitrogen and oxygen atoms in total. The summed E-state index contributed by atoms with van der Waals surface area (Å²) >= 11 is 0. The molecule has 2 amide bonds. The van der Waals surface area contributed by atoms with E-state index in [4.69, 9.17) is 0 Å². The van der Waals surface area contributed by atoms with E-state index in [-0.39, 0.29) is 11.8 Å². The van der Waals surface area contributed by atoms with Crippen molar-refractivity contribution in [1.29, 1.82) is 0 Å². The number of hydrogen-bond donors (Lipinski definition) is 1. The summed E-state index contributed by atoms with van der Waals surface area (Å²) < 4.78 is 0. The molecule has 1 fully saturated rings. The Kier molecular flexibility index (Phi) is 6.54. The molecule has 2 aromatic heterocycles. The number of aryl methyl sites for hydroxylation is 3. The van der Waals surface area contributed by atoms with Gasteiger partial charge in [0.25, 0.3) is 5.91 Å². The zero-order valence-electron chi connectivity index (χ0n) is 19.7. The van der Waals surface area contributed by atoms with E-state index in [2.05, 4.69) is 15.3 Å². The van der Waals surface area contributed by atoms with Crippen LogP contribution < -0.4 is 10.2 Å². The highest BCUT2D eigenvalue weighted by Gasteiger charge is 2.27. The number of pyridine rings is 2. The van der Waals surface area contributed by atoms with Crippen LogP contribution >= 0.6 is 0 Å². The summed E-state index contributed by atoms with van der Waals surface area (Å²) in [4.78, 5) is 35.6. The number of rotatable bonds is 7. The molecule has 0 bridgehead atoms. The summed E-state index contributed by atoms with van der Waals surface area (Å²) in [6.45, 7) is 8.75. The van der Waals surface area contributed by atoms with Gasteiger partial charge in [0.2, 0.25) is 5.91 Å². The lowest BCUT2D eigenvalue weighted by atomic mass is 10.0. The highest BCUT2D eigenvalue weighted by molar-refractivity contribution is 5.94. The van der Waals surface area contributed by atoms with E-state index in [0.29, 0.717) is 18.0 Å². The van der Waals surface area contributed by atoms with Crippen molar-refractivity contribution in [2.75, 3.05) is 11.4 Å². The summed E-state index contributed by atoms with van der Waals surface area (Å²) in [7, 11) is 0. The first-order valence-corrected chi connectivity index (χ1v) is 11.4. The van der Waals surface area contributed by atoms with Crippen LogP contribution in [0.5, 0.6) is 0 Å². The normalized spacial score (nSPS) is 13.0.